The second kappa shape index (κ2) is 10.5. The zero-order valence-corrected chi connectivity index (χ0v) is 22.4. The topological polar surface area (TPSA) is 79.4 Å². The Morgan fingerprint density at radius 2 is 1.22 bits per heavy atom. The van der Waals surface area contributed by atoms with Crippen LogP contribution in [-0.2, 0) is 0 Å². The molecular weight excluding hydrogens is 504 g/mol. The third kappa shape index (κ3) is 4.72. The highest BCUT2D eigenvalue weighted by molar-refractivity contribution is 5.97. The molecule has 6 heteroatoms. The predicted octanol–water partition coefficient (Wildman–Crippen LogP) is 8.12. The molecule has 0 unspecified atom stereocenters. The highest BCUT2D eigenvalue weighted by atomic mass is 15.2. The molecule has 6 nitrogen and oxygen atoms in total. The Kier molecular flexibility index (Phi) is 6.26. The molecule has 0 aliphatic rings. The molecule has 0 aliphatic heterocycles. The number of aromatic nitrogens is 5. The van der Waals surface area contributed by atoms with Gasteiger partial charge in [0.2, 0.25) is 0 Å². The summed E-state index contributed by atoms with van der Waals surface area (Å²) in [6.07, 6.45) is 1.78. The highest BCUT2D eigenvalue weighted by Crippen LogP contribution is 2.36. The number of hydrogen-bond acceptors (Lipinski definition) is 5. The quantitative estimate of drug-likeness (QED) is 0.227. The number of nitrogens with one attached hydrogen (secondary N) is 2. The minimum Gasteiger partial charge on any atom is -0.388 e. The van der Waals surface area contributed by atoms with Crippen molar-refractivity contribution in [3.05, 3.63) is 128 Å². The first kappa shape index (κ1) is 24.4. The summed E-state index contributed by atoms with van der Waals surface area (Å²) in [7, 11) is 1.92. The van der Waals surface area contributed by atoms with Gasteiger partial charge in [-0.1, -0.05) is 97.1 Å². The maximum atomic E-state index is 5.14. The largest absolute Gasteiger partial charge is 0.388 e. The third-order valence-electron chi connectivity index (χ3n) is 7.23. The first-order valence-corrected chi connectivity index (χ1v) is 13.5. The van der Waals surface area contributed by atoms with Gasteiger partial charge in [0, 0.05) is 41.0 Å². The molecule has 0 bridgehead atoms. The van der Waals surface area contributed by atoms with Gasteiger partial charge in [0.05, 0.1) is 11.2 Å². The van der Waals surface area contributed by atoms with Crippen LogP contribution in [0, 0.1) is 0 Å². The van der Waals surface area contributed by atoms with Crippen molar-refractivity contribution in [1.82, 2.24) is 25.1 Å². The van der Waals surface area contributed by atoms with E-state index in [0.717, 1.165) is 50.1 Å². The van der Waals surface area contributed by atoms with Crippen molar-refractivity contribution in [2.75, 3.05) is 12.4 Å². The predicted molar refractivity (Wildman–Crippen MR) is 166 cm³/mol. The fraction of sp³-hybridized carbons (Fsp3) is 0.0286. The highest BCUT2D eigenvalue weighted by Gasteiger charge is 2.17. The lowest BCUT2D eigenvalue weighted by Gasteiger charge is -2.13. The summed E-state index contributed by atoms with van der Waals surface area (Å²) in [5.41, 5.74) is 9.94. The average molecular weight is 531 g/mol. The second-order valence-corrected chi connectivity index (χ2v) is 9.76. The smallest absolute Gasteiger partial charge is 0.181 e. The molecule has 7 aromatic rings. The number of nitrogens with zero attached hydrogens (tertiary/aromatic N) is 4. The molecule has 0 aliphatic carbocycles. The zero-order valence-electron chi connectivity index (χ0n) is 22.4. The number of fused-ring (bicyclic) bond motifs is 1. The van der Waals surface area contributed by atoms with Gasteiger partial charge in [0.25, 0.3) is 0 Å². The van der Waals surface area contributed by atoms with E-state index in [2.05, 4.69) is 82.2 Å². The SMILES string of the molecule is CNc1ccc(-c2nc3ccnc(-c4nc(-c5ccc(-c6ccccc6)cc5)n[nH]4)c3cc2-c2ccccc2)cc1. The van der Waals surface area contributed by atoms with E-state index in [4.69, 9.17) is 15.0 Å². The van der Waals surface area contributed by atoms with Gasteiger partial charge in [-0.2, -0.15) is 5.10 Å². The van der Waals surface area contributed by atoms with Crippen LogP contribution in [0.4, 0.5) is 5.69 Å². The van der Waals surface area contributed by atoms with Crippen LogP contribution in [0.25, 0.3) is 67.3 Å². The summed E-state index contributed by atoms with van der Waals surface area (Å²) < 4.78 is 0. The van der Waals surface area contributed by atoms with E-state index in [9.17, 15) is 0 Å². The molecule has 196 valence electrons. The van der Waals surface area contributed by atoms with E-state index < -0.39 is 0 Å². The van der Waals surface area contributed by atoms with Gasteiger partial charge in [0.1, 0.15) is 5.69 Å². The van der Waals surface area contributed by atoms with Crippen LogP contribution in [0.3, 0.4) is 0 Å². The van der Waals surface area contributed by atoms with E-state index in [-0.39, 0.29) is 0 Å². The monoisotopic (exact) mass is 530 g/mol. The molecule has 0 saturated carbocycles. The van der Waals surface area contributed by atoms with E-state index in [1.165, 1.54) is 5.56 Å². The lowest BCUT2D eigenvalue weighted by molar-refractivity contribution is 1.09. The summed E-state index contributed by atoms with van der Waals surface area (Å²) in [6, 6.07) is 41.4. The zero-order chi connectivity index (χ0) is 27.6. The van der Waals surface area contributed by atoms with Crippen LogP contribution >= 0.6 is 0 Å². The van der Waals surface area contributed by atoms with Gasteiger partial charge in [0.15, 0.2) is 11.6 Å². The molecule has 41 heavy (non-hydrogen) atoms. The Balaban J connectivity index is 1.31. The lowest BCUT2D eigenvalue weighted by atomic mass is 9.97. The van der Waals surface area contributed by atoms with Gasteiger partial charge in [-0.15, -0.1) is 0 Å². The van der Waals surface area contributed by atoms with E-state index in [1.807, 2.05) is 61.6 Å². The molecule has 4 aromatic carbocycles. The van der Waals surface area contributed by atoms with Crippen LogP contribution in [-0.4, -0.2) is 32.2 Å². The molecule has 0 amide bonds. The maximum Gasteiger partial charge on any atom is 0.181 e. The number of hydrogen-bond donors (Lipinski definition) is 2. The van der Waals surface area contributed by atoms with Gasteiger partial charge in [-0.3, -0.25) is 10.1 Å². The molecule has 0 fully saturated rings. The van der Waals surface area contributed by atoms with Gasteiger partial charge in [-0.05, 0) is 41.0 Å². The van der Waals surface area contributed by atoms with Crippen molar-refractivity contribution in [3.63, 3.8) is 0 Å². The summed E-state index contributed by atoms with van der Waals surface area (Å²) in [6.45, 7) is 0. The Morgan fingerprint density at radius 1 is 0.585 bits per heavy atom. The molecule has 3 heterocycles. The van der Waals surface area contributed by atoms with Crippen LogP contribution < -0.4 is 5.32 Å². The fourth-order valence-electron chi connectivity index (χ4n) is 5.08. The Labute approximate surface area is 237 Å². The third-order valence-corrected chi connectivity index (χ3v) is 7.23. The second-order valence-electron chi connectivity index (χ2n) is 9.76. The number of anilines is 1. The van der Waals surface area contributed by atoms with Crippen molar-refractivity contribution in [1.29, 1.82) is 0 Å². The minimum absolute atomic E-state index is 0.602. The first-order valence-electron chi connectivity index (χ1n) is 13.5. The first-order chi connectivity index (χ1) is 20.3. The van der Waals surface area contributed by atoms with Gasteiger partial charge < -0.3 is 5.32 Å². The minimum atomic E-state index is 0.602. The molecule has 3 aromatic heterocycles. The summed E-state index contributed by atoms with van der Waals surface area (Å²) in [4.78, 5) is 14.7. The number of H-pyrrole nitrogens is 1. The Hall–Kier alpha value is -5.62. The van der Waals surface area contributed by atoms with E-state index >= 15 is 0 Å². The lowest BCUT2D eigenvalue weighted by Crippen LogP contribution is -1.95. The van der Waals surface area contributed by atoms with Crippen LogP contribution in [0.5, 0.6) is 0 Å². The van der Waals surface area contributed by atoms with Crippen LogP contribution in [0.15, 0.2) is 128 Å². The molecule has 2 N–H and O–H groups in total. The number of aromatic amines is 1. The van der Waals surface area contributed by atoms with Crippen molar-refractivity contribution in [2.45, 2.75) is 0 Å². The molecule has 7 rings (SSSR count). The van der Waals surface area contributed by atoms with Gasteiger partial charge >= 0.3 is 0 Å². The van der Waals surface area contributed by atoms with Crippen molar-refractivity contribution >= 4 is 16.6 Å². The molecular formula is C35H26N6. The molecule has 0 atom stereocenters. The van der Waals surface area contributed by atoms with Crippen LogP contribution in [0.1, 0.15) is 0 Å². The Bertz CT molecular complexity index is 1950. The number of benzene rings is 4. The van der Waals surface area contributed by atoms with E-state index in [0.29, 0.717) is 17.3 Å². The van der Waals surface area contributed by atoms with Crippen molar-refractivity contribution < 1.29 is 0 Å². The molecule has 0 spiro atoms. The summed E-state index contributed by atoms with van der Waals surface area (Å²) in [5.74, 6) is 1.22. The summed E-state index contributed by atoms with van der Waals surface area (Å²) >= 11 is 0. The van der Waals surface area contributed by atoms with Crippen molar-refractivity contribution in [2.24, 2.45) is 0 Å². The molecule has 0 saturated heterocycles. The normalized spacial score (nSPS) is 11.0. The van der Waals surface area contributed by atoms with Crippen LogP contribution in [0.2, 0.25) is 0 Å². The fourth-order valence-corrected chi connectivity index (χ4v) is 5.08. The molecule has 0 radical (unpaired) electrons. The van der Waals surface area contributed by atoms with Crippen molar-refractivity contribution in [3.8, 4) is 56.4 Å². The van der Waals surface area contributed by atoms with E-state index in [1.54, 1.807) is 6.20 Å². The maximum absolute atomic E-state index is 5.14. The summed E-state index contributed by atoms with van der Waals surface area (Å²) in [5, 5.41) is 11.7. The Morgan fingerprint density at radius 3 is 1.93 bits per heavy atom. The number of rotatable bonds is 6. The average Bonchev–Trinajstić information content (AvgIpc) is 3.55. The standard InChI is InChI=1S/C35H26N6/c1-36-28-18-16-26(17-19-28)32-29(25-10-6-3-7-11-25)22-30-31(38-32)20-21-37-33(30)35-39-34(40-41-35)27-14-12-24(13-15-27)23-8-4-2-5-9-23/h2-22,36H,1H3,(H,39,40,41). The van der Waals surface area contributed by atoms with Gasteiger partial charge in [-0.25, -0.2) is 9.97 Å². The number of pyridine rings is 2.